The Hall–Kier alpha value is -3.60. The maximum Gasteiger partial charge on any atom is 0.337 e. The van der Waals surface area contributed by atoms with Crippen LogP contribution in [0.3, 0.4) is 0 Å². The van der Waals surface area contributed by atoms with Gasteiger partial charge in [0, 0.05) is 0 Å². The van der Waals surface area contributed by atoms with Crippen LogP contribution in [0.15, 0.2) is 84.9 Å². The fourth-order valence-electron chi connectivity index (χ4n) is 2.81. The second kappa shape index (κ2) is 9.37. The normalized spacial score (nSPS) is 10.4. The van der Waals surface area contributed by atoms with Crippen molar-refractivity contribution in [1.29, 1.82) is 0 Å². The van der Waals surface area contributed by atoms with E-state index in [4.69, 9.17) is 4.74 Å². The fourth-order valence-corrected chi connectivity index (χ4v) is 2.81. The van der Waals surface area contributed by atoms with E-state index in [-0.39, 0.29) is 18.6 Å². The first-order valence-corrected chi connectivity index (χ1v) is 8.88. The van der Waals surface area contributed by atoms with Crippen molar-refractivity contribution < 1.29 is 19.1 Å². The lowest BCUT2D eigenvalue weighted by Crippen LogP contribution is -2.33. The van der Waals surface area contributed by atoms with Crippen molar-refractivity contribution in [2.24, 2.45) is 0 Å². The highest BCUT2D eigenvalue weighted by atomic mass is 16.5. The topological polar surface area (TPSA) is 64.6 Å². The van der Waals surface area contributed by atoms with Crippen molar-refractivity contribution in [3.05, 3.63) is 102 Å². The average Bonchev–Trinajstić information content (AvgIpc) is 2.77. The molecule has 0 fully saturated rings. The molecule has 0 unspecified atom stereocenters. The summed E-state index contributed by atoms with van der Waals surface area (Å²) in [6.07, 6.45) is 0. The van der Waals surface area contributed by atoms with Gasteiger partial charge in [0.1, 0.15) is 5.75 Å². The van der Waals surface area contributed by atoms with E-state index in [0.717, 1.165) is 11.1 Å². The molecule has 0 aromatic heterocycles. The van der Waals surface area contributed by atoms with Crippen LogP contribution in [0, 0.1) is 0 Å². The zero-order valence-electron chi connectivity index (χ0n) is 15.5. The molecule has 3 aromatic carbocycles. The lowest BCUT2D eigenvalue weighted by Gasteiger charge is -2.20. The molecule has 3 aromatic rings. The Morgan fingerprint density at radius 3 is 1.86 bits per heavy atom. The van der Waals surface area contributed by atoms with Crippen LogP contribution in [0.5, 0.6) is 5.75 Å². The summed E-state index contributed by atoms with van der Waals surface area (Å²) in [5.74, 6) is -0.161. The molecule has 0 aliphatic rings. The van der Waals surface area contributed by atoms with Gasteiger partial charge in [0.2, 0.25) is 0 Å². The Morgan fingerprint density at radius 2 is 1.36 bits per heavy atom. The van der Waals surface area contributed by atoms with Crippen molar-refractivity contribution in [1.82, 2.24) is 5.32 Å². The third-order valence-electron chi connectivity index (χ3n) is 4.22. The number of benzene rings is 3. The van der Waals surface area contributed by atoms with Crippen molar-refractivity contribution in [2.75, 3.05) is 13.7 Å². The number of hydrogen-bond donors (Lipinski definition) is 1. The second-order valence-electron chi connectivity index (χ2n) is 6.13. The molecule has 1 N–H and O–H groups in total. The first kappa shape index (κ1) is 19.2. The van der Waals surface area contributed by atoms with Gasteiger partial charge in [-0.1, -0.05) is 60.7 Å². The highest BCUT2D eigenvalue weighted by Gasteiger charge is 2.17. The molecule has 0 atom stereocenters. The quantitative estimate of drug-likeness (QED) is 0.639. The van der Waals surface area contributed by atoms with E-state index < -0.39 is 5.97 Å². The molecule has 0 aliphatic heterocycles. The van der Waals surface area contributed by atoms with Gasteiger partial charge in [-0.3, -0.25) is 4.79 Å². The number of ether oxygens (including phenoxy) is 2. The molecule has 142 valence electrons. The fraction of sp³-hybridized carbons (Fsp3) is 0.130. The molecule has 0 saturated heterocycles. The number of amides is 1. The highest BCUT2D eigenvalue weighted by Crippen LogP contribution is 2.21. The van der Waals surface area contributed by atoms with Crippen LogP contribution in [0.4, 0.5) is 0 Å². The maximum absolute atomic E-state index is 12.5. The maximum atomic E-state index is 12.5. The smallest absolute Gasteiger partial charge is 0.337 e. The van der Waals surface area contributed by atoms with E-state index in [2.05, 4.69) is 10.1 Å². The molecule has 3 rings (SSSR count). The molecule has 0 bridgehead atoms. The Bertz CT molecular complexity index is 869. The Morgan fingerprint density at radius 1 is 0.821 bits per heavy atom. The molecular weight excluding hydrogens is 354 g/mol. The minimum absolute atomic E-state index is 0.131. The zero-order chi connectivity index (χ0) is 19.8. The van der Waals surface area contributed by atoms with Gasteiger partial charge in [0.05, 0.1) is 18.7 Å². The van der Waals surface area contributed by atoms with Gasteiger partial charge in [-0.05, 0) is 35.4 Å². The Kier molecular flexibility index (Phi) is 6.41. The first-order chi connectivity index (χ1) is 13.7. The molecule has 0 aliphatic carbocycles. The summed E-state index contributed by atoms with van der Waals surface area (Å²) in [5.41, 5.74) is 2.40. The molecule has 0 radical (unpaired) electrons. The summed E-state index contributed by atoms with van der Waals surface area (Å²) in [6.45, 7) is -0.131. The van der Waals surface area contributed by atoms with Crippen LogP contribution in [0.2, 0.25) is 0 Å². The Balaban J connectivity index is 1.65. The zero-order valence-corrected chi connectivity index (χ0v) is 15.5. The predicted molar refractivity (Wildman–Crippen MR) is 106 cm³/mol. The molecule has 1 amide bonds. The van der Waals surface area contributed by atoms with Crippen molar-refractivity contribution in [2.45, 2.75) is 6.04 Å². The lowest BCUT2D eigenvalue weighted by atomic mass is 9.99. The van der Waals surface area contributed by atoms with Crippen molar-refractivity contribution >= 4 is 11.9 Å². The van der Waals surface area contributed by atoms with Gasteiger partial charge in [-0.2, -0.15) is 0 Å². The number of esters is 1. The largest absolute Gasteiger partial charge is 0.484 e. The summed E-state index contributed by atoms with van der Waals surface area (Å²) in [4.78, 5) is 23.9. The second-order valence-corrected chi connectivity index (χ2v) is 6.13. The van der Waals surface area contributed by atoms with Crippen LogP contribution in [0.1, 0.15) is 27.5 Å². The van der Waals surface area contributed by atoms with Gasteiger partial charge >= 0.3 is 5.97 Å². The first-order valence-electron chi connectivity index (χ1n) is 8.88. The van der Waals surface area contributed by atoms with Gasteiger partial charge in [-0.15, -0.1) is 0 Å². The van der Waals surface area contributed by atoms with Crippen LogP contribution in [0.25, 0.3) is 0 Å². The third kappa shape index (κ3) is 4.98. The van der Waals surface area contributed by atoms with Gasteiger partial charge in [0.15, 0.2) is 6.61 Å². The number of methoxy groups -OCH3 is 1. The monoisotopic (exact) mass is 375 g/mol. The summed E-state index contributed by atoms with van der Waals surface area (Å²) in [5, 5.41) is 3.02. The minimum atomic E-state index is -0.419. The molecule has 28 heavy (non-hydrogen) atoms. The number of rotatable bonds is 7. The summed E-state index contributed by atoms with van der Waals surface area (Å²) in [6, 6.07) is 25.7. The lowest BCUT2D eigenvalue weighted by molar-refractivity contribution is -0.123. The Labute approximate surface area is 163 Å². The van der Waals surface area contributed by atoms with E-state index in [9.17, 15) is 9.59 Å². The number of nitrogens with one attached hydrogen (secondary N) is 1. The minimum Gasteiger partial charge on any atom is -0.484 e. The van der Waals surface area contributed by atoms with E-state index in [0.29, 0.717) is 11.3 Å². The number of hydrogen-bond acceptors (Lipinski definition) is 4. The standard InChI is InChI=1S/C23H21NO4/c1-27-23(26)19-12-14-20(15-13-19)28-16-21(25)24-22(17-8-4-2-5-9-17)18-10-6-3-7-11-18/h2-15,22H,16H2,1H3,(H,24,25). The summed E-state index contributed by atoms with van der Waals surface area (Å²) in [7, 11) is 1.33. The molecule has 5 nitrogen and oxygen atoms in total. The SMILES string of the molecule is COC(=O)c1ccc(OCC(=O)NC(c2ccccc2)c2ccccc2)cc1. The number of carbonyl (C=O) groups excluding carboxylic acids is 2. The molecule has 0 heterocycles. The van der Waals surface area contributed by atoms with Crippen LogP contribution in [-0.2, 0) is 9.53 Å². The molecule has 0 spiro atoms. The predicted octanol–water partition coefficient (Wildman–Crippen LogP) is 3.76. The summed E-state index contributed by atoms with van der Waals surface area (Å²) < 4.78 is 10.2. The van der Waals surface area contributed by atoms with E-state index in [1.54, 1.807) is 24.3 Å². The highest BCUT2D eigenvalue weighted by molar-refractivity contribution is 5.89. The van der Waals surface area contributed by atoms with Crippen molar-refractivity contribution in [3.8, 4) is 5.75 Å². The van der Waals surface area contributed by atoms with Crippen LogP contribution >= 0.6 is 0 Å². The van der Waals surface area contributed by atoms with Gasteiger partial charge in [-0.25, -0.2) is 4.79 Å². The van der Waals surface area contributed by atoms with Gasteiger partial charge in [0.25, 0.3) is 5.91 Å². The van der Waals surface area contributed by atoms with Crippen LogP contribution < -0.4 is 10.1 Å². The van der Waals surface area contributed by atoms with Crippen LogP contribution in [-0.4, -0.2) is 25.6 Å². The number of carbonyl (C=O) groups is 2. The third-order valence-corrected chi connectivity index (χ3v) is 4.22. The molecular formula is C23H21NO4. The van der Waals surface area contributed by atoms with E-state index in [1.165, 1.54) is 7.11 Å². The average molecular weight is 375 g/mol. The van der Waals surface area contributed by atoms with E-state index >= 15 is 0 Å². The van der Waals surface area contributed by atoms with Gasteiger partial charge < -0.3 is 14.8 Å². The van der Waals surface area contributed by atoms with Crippen molar-refractivity contribution in [3.63, 3.8) is 0 Å². The summed E-state index contributed by atoms with van der Waals surface area (Å²) >= 11 is 0. The van der Waals surface area contributed by atoms with E-state index in [1.807, 2.05) is 60.7 Å². The molecule has 5 heteroatoms. The molecule has 0 saturated carbocycles.